The van der Waals surface area contributed by atoms with Crippen LogP contribution in [0.4, 0.5) is 0 Å². The SMILES string of the molecule is Cc1nn(-c2ccc(Cl)cc2Cl)c(C)c1CC(=O)N1CCCC(N)C1.Cl. The van der Waals surface area contributed by atoms with Gasteiger partial charge in [-0.2, -0.15) is 5.10 Å². The molecule has 1 aromatic heterocycles. The molecule has 0 spiro atoms. The lowest BCUT2D eigenvalue weighted by Gasteiger charge is -2.30. The average molecular weight is 418 g/mol. The molecule has 1 aliphatic rings. The fourth-order valence-corrected chi connectivity index (χ4v) is 3.81. The molecule has 1 aliphatic heterocycles. The summed E-state index contributed by atoms with van der Waals surface area (Å²) in [6.07, 6.45) is 2.27. The first-order valence-corrected chi connectivity index (χ1v) is 9.16. The molecule has 1 unspecified atom stereocenters. The molecule has 1 atom stereocenters. The lowest BCUT2D eigenvalue weighted by Crippen LogP contribution is -2.46. The molecule has 1 fully saturated rings. The Balaban J connectivity index is 0.00000243. The van der Waals surface area contributed by atoms with Crippen LogP contribution in [0.2, 0.25) is 10.0 Å². The monoisotopic (exact) mass is 416 g/mol. The Hall–Kier alpha value is -1.27. The van der Waals surface area contributed by atoms with Crippen molar-refractivity contribution in [2.24, 2.45) is 5.73 Å². The van der Waals surface area contributed by atoms with Crippen molar-refractivity contribution < 1.29 is 4.79 Å². The molecule has 0 radical (unpaired) electrons. The van der Waals surface area contributed by atoms with Crippen molar-refractivity contribution in [3.05, 3.63) is 45.2 Å². The topological polar surface area (TPSA) is 64.2 Å². The van der Waals surface area contributed by atoms with Crippen LogP contribution in [0.15, 0.2) is 18.2 Å². The number of nitrogens with two attached hydrogens (primary N) is 1. The van der Waals surface area contributed by atoms with E-state index in [0.29, 0.717) is 23.0 Å². The number of halogens is 3. The molecule has 1 amide bonds. The van der Waals surface area contributed by atoms with E-state index in [1.54, 1.807) is 16.8 Å². The summed E-state index contributed by atoms with van der Waals surface area (Å²) in [5.41, 5.74) is 9.43. The zero-order valence-electron chi connectivity index (χ0n) is 14.8. The van der Waals surface area contributed by atoms with E-state index in [0.717, 1.165) is 42.0 Å². The van der Waals surface area contributed by atoms with Crippen LogP contribution in [0.5, 0.6) is 0 Å². The number of aromatic nitrogens is 2. The highest BCUT2D eigenvalue weighted by Gasteiger charge is 2.24. The van der Waals surface area contributed by atoms with E-state index in [4.69, 9.17) is 28.9 Å². The molecule has 0 aliphatic carbocycles. The van der Waals surface area contributed by atoms with Gasteiger partial charge in [-0.1, -0.05) is 23.2 Å². The van der Waals surface area contributed by atoms with E-state index in [-0.39, 0.29) is 24.4 Å². The third-order valence-electron chi connectivity index (χ3n) is 4.72. The van der Waals surface area contributed by atoms with E-state index in [9.17, 15) is 4.79 Å². The minimum Gasteiger partial charge on any atom is -0.341 e. The maximum absolute atomic E-state index is 12.7. The highest BCUT2D eigenvalue weighted by molar-refractivity contribution is 6.35. The van der Waals surface area contributed by atoms with Gasteiger partial charge < -0.3 is 10.6 Å². The highest BCUT2D eigenvalue weighted by atomic mass is 35.5. The predicted octanol–water partition coefficient (Wildman–Crippen LogP) is 3.71. The molecule has 1 saturated heterocycles. The average Bonchev–Trinajstić information content (AvgIpc) is 2.83. The third kappa shape index (κ3) is 4.34. The maximum atomic E-state index is 12.7. The summed E-state index contributed by atoms with van der Waals surface area (Å²) in [6.45, 7) is 5.28. The minimum atomic E-state index is 0. The molecule has 26 heavy (non-hydrogen) atoms. The molecule has 1 aromatic carbocycles. The van der Waals surface area contributed by atoms with E-state index in [1.165, 1.54) is 0 Å². The zero-order chi connectivity index (χ0) is 18.1. The Bertz CT molecular complexity index is 806. The van der Waals surface area contributed by atoms with Crippen LogP contribution in [0.1, 0.15) is 29.8 Å². The Kier molecular flexibility index (Phi) is 6.97. The van der Waals surface area contributed by atoms with Crippen LogP contribution in [0.3, 0.4) is 0 Å². The van der Waals surface area contributed by atoms with Crippen molar-refractivity contribution in [3.63, 3.8) is 0 Å². The molecule has 2 N–H and O–H groups in total. The van der Waals surface area contributed by atoms with E-state index in [1.807, 2.05) is 24.8 Å². The van der Waals surface area contributed by atoms with Crippen LogP contribution >= 0.6 is 35.6 Å². The van der Waals surface area contributed by atoms with Gasteiger partial charge in [0.2, 0.25) is 5.91 Å². The molecule has 0 saturated carbocycles. The van der Waals surface area contributed by atoms with Gasteiger partial charge in [0.1, 0.15) is 0 Å². The second kappa shape index (κ2) is 8.61. The van der Waals surface area contributed by atoms with E-state index < -0.39 is 0 Å². The smallest absolute Gasteiger partial charge is 0.227 e. The number of carbonyl (C=O) groups excluding carboxylic acids is 1. The number of rotatable bonds is 3. The first-order chi connectivity index (χ1) is 11.9. The summed E-state index contributed by atoms with van der Waals surface area (Å²) < 4.78 is 1.78. The van der Waals surface area contributed by atoms with Crippen LogP contribution in [-0.2, 0) is 11.2 Å². The molecule has 2 aromatic rings. The van der Waals surface area contributed by atoms with Crippen molar-refractivity contribution in [3.8, 4) is 5.69 Å². The van der Waals surface area contributed by atoms with E-state index in [2.05, 4.69) is 5.10 Å². The van der Waals surface area contributed by atoms with E-state index >= 15 is 0 Å². The van der Waals surface area contributed by atoms with Gasteiger partial charge in [-0.3, -0.25) is 4.79 Å². The van der Waals surface area contributed by atoms with Gasteiger partial charge in [0.25, 0.3) is 0 Å². The summed E-state index contributed by atoms with van der Waals surface area (Å²) >= 11 is 12.3. The molecule has 8 heteroatoms. The van der Waals surface area contributed by atoms with Gasteiger partial charge in [-0.25, -0.2) is 4.68 Å². The molecule has 142 valence electrons. The van der Waals surface area contributed by atoms with Crippen molar-refractivity contribution in [1.29, 1.82) is 0 Å². The third-order valence-corrected chi connectivity index (χ3v) is 5.26. The summed E-state index contributed by atoms with van der Waals surface area (Å²) in [4.78, 5) is 14.5. The zero-order valence-corrected chi connectivity index (χ0v) is 17.2. The quantitative estimate of drug-likeness (QED) is 0.828. The fraction of sp³-hybridized carbons (Fsp3) is 0.444. The Morgan fingerprint density at radius 3 is 2.73 bits per heavy atom. The number of nitrogens with zero attached hydrogens (tertiary/aromatic N) is 3. The van der Waals surface area contributed by atoms with Crippen LogP contribution in [0.25, 0.3) is 5.69 Å². The number of carbonyl (C=O) groups is 1. The fourth-order valence-electron chi connectivity index (χ4n) is 3.32. The Morgan fingerprint density at radius 1 is 1.35 bits per heavy atom. The summed E-state index contributed by atoms with van der Waals surface area (Å²) in [7, 11) is 0. The number of likely N-dealkylation sites (tertiary alicyclic amines) is 1. The standard InChI is InChI=1S/C18H22Cl2N4O.ClH/c1-11-15(9-18(25)23-7-3-4-14(21)10-23)12(2)24(22-11)17-6-5-13(19)8-16(17)20;/h5-6,8,14H,3-4,7,9-10,21H2,1-2H3;1H. The molecule has 3 rings (SSSR count). The lowest BCUT2D eigenvalue weighted by atomic mass is 10.0. The normalized spacial score (nSPS) is 17.1. The number of amides is 1. The number of aryl methyl sites for hydroxylation is 1. The minimum absolute atomic E-state index is 0. The van der Waals surface area contributed by atoms with Crippen molar-refractivity contribution >= 4 is 41.5 Å². The maximum Gasteiger partial charge on any atom is 0.227 e. The Morgan fingerprint density at radius 2 is 2.08 bits per heavy atom. The van der Waals surface area contributed by atoms with Crippen molar-refractivity contribution in [2.75, 3.05) is 13.1 Å². The lowest BCUT2D eigenvalue weighted by molar-refractivity contribution is -0.131. The van der Waals surface area contributed by atoms with Crippen LogP contribution in [-0.4, -0.2) is 39.7 Å². The largest absolute Gasteiger partial charge is 0.341 e. The summed E-state index contributed by atoms with van der Waals surface area (Å²) in [5.74, 6) is 0.100. The van der Waals surface area contributed by atoms with Crippen molar-refractivity contribution in [1.82, 2.24) is 14.7 Å². The number of hydrogen-bond donors (Lipinski definition) is 1. The number of piperidine rings is 1. The summed E-state index contributed by atoms with van der Waals surface area (Å²) in [5, 5.41) is 5.68. The second-order valence-corrected chi connectivity index (χ2v) is 7.42. The molecule has 2 heterocycles. The molecule has 0 bridgehead atoms. The van der Waals surface area contributed by atoms with Gasteiger partial charge in [0, 0.05) is 35.4 Å². The predicted molar refractivity (Wildman–Crippen MR) is 108 cm³/mol. The summed E-state index contributed by atoms with van der Waals surface area (Å²) in [6, 6.07) is 5.38. The molecular weight excluding hydrogens is 395 g/mol. The number of hydrogen-bond acceptors (Lipinski definition) is 3. The van der Waals surface area contributed by atoms with Gasteiger partial charge in [-0.15, -0.1) is 12.4 Å². The van der Waals surface area contributed by atoms with Gasteiger partial charge in [0.05, 0.1) is 22.8 Å². The first kappa shape index (κ1) is 21.0. The van der Waals surface area contributed by atoms with Gasteiger partial charge in [-0.05, 0) is 44.9 Å². The van der Waals surface area contributed by atoms with Gasteiger partial charge >= 0.3 is 0 Å². The first-order valence-electron chi connectivity index (χ1n) is 8.40. The Labute approximate surface area is 169 Å². The highest BCUT2D eigenvalue weighted by Crippen LogP contribution is 2.27. The molecule has 5 nitrogen and oxygen atoms in total. The van der Waals surface area contributed by atoms with Crippen LogP contribution < -0.4 is 5.73 Å². The van der Waals surface area contributed by atoms with Crippen LogP contribution in [0, 0.1) is 13.8 Å². The second-order valence-electron chi connectivity index (χ2n) is 6.58. The number of benzene rings is 1. The molecular formula is C18H23Cl3N4O. The van der Waals surface area contributed by atoms with Gasteiger partial charge in [0.15, 0.2) is 0 Å². The van der Waals surface area contributed by atoms with Crippen molar-refractivity contribution in [2.45, 2.75) is 39.2 Å².